The molecule has 0 fully saturated rings. The first-order chi connectivity index (χ1) is 11.0. The number of nitrogens with two attached hydrogens (primary N) is 3. The Labute approximate surface area is 137 Å². The molecule has 0 saturated carbocycles. The molecule has 0 spiro atoms. The molecule has 1 atom stereocenters. The van der Waals surface area contributed by atoms with Gasteiger partial charge in [0.25, 0.3) is 0 Å². The molecule has 122 valence electrons. The molecule has 0 aliphatic rings. The summed E-state index contributed by atoms with van der Waals surface area (Å²) >= 11 is 0. The number of ether oxygens (including phenoxy) is 1. The summed E-state index contributed by atoms with van der Waals surface area (Å²) in [6.45, 7) is 0. The van der Waals surface area contributed by atoms with Crippen molar-refractivity contribution in [3.63, 3.8) is 0 Å². The Morgan fingerprint density at radius 1 is 1.09 bits per heavy atom. The Kier molecular flexibility index (Phi) is 5.62. The molecule has 0 radical (unpaired) electrons. The Hall–Kier alpha value is -2.50. The summed E-state index contributed by atoms with van der Waals surface area (Å²) in [4.78, 5) is 0. The van der Waals surface area contributed by atoms with Crippen LogP contribution in [0.5, 0.6) is 5.75 Å². The van der Waals surface area contributed by atoms with Gasteiger partial charge in [-0.2, -0.15) is 0 Å². The smallest absolute Gasteiger partial charge is 0.118 e. The molecule has 2 rings (SSSR count). The van der Waals surface area contributed by atoms with E-state index in [-0.39, 0.29) is 6.04 Å². The highest BCUT2D eigenvalue weighted by Crippen LogP contribution is 2.22. The Bertz CT molecular complexity index is 650. The third-order valence-corrected chi connectivity index (χ3v) is 3.69. The van der Waals surface area contributed by atoms with Gasteiger partial charge in [0.15, 0.2) is 0 Å². The third-order valence-electron chi connectivity index (χ3n) is 3.69. The fourth-order valence-electron chi connectivity index (χ4n) is 2.48. The van der Waals surface area contributed by atoms with E-state index in [9.17, 15) is 0 Å². The number of hydrogen-bond donors (Lipinski definition) is 3. The lowest BCUT2D eigenvalue weighted by atomic mass is 10.0. The second kappa shape index (κ2) is 7.67. The summed E-state index contributed by atoms with van der Waals surface area (Å²) in [5, 5.41) is 1.50. The molecule has 5 nitrogen and oxygen atoms in total. The molecule has 5 heteroatoms. The highest BCUT2D eigenvalue weighted by atomic mass is 16.5. The van der Waals surface area contributed by atoms with Crippen molar-refractivity contribution in [2.45, 2.75) is 12.5 Å². The zero-order valence-corrected chi connectivity index (χ0v) is 13.6. The van der Waals surface area contributed by atoms with E-state index in [0.29, 0.717) is 12.1 Å². The first-order valence-electron chi connectivity index (χ1n) is 7.45. The predicted octanol–water partition coefficient (Wildman–Crippen LogP) is 1.70. The van der Waals surface area contributed by atoms with Gasteiger partial charge >= 0.3 is 0 Å². The molecule has 0 aliphatic heterocycles. The third kappa shape index (κ3) is 4.25. The van der Waals surface area contributed by atoms with Crippen LogP contribution < -0.4 is 22.0 Å². The van der Waals surface area contributed by atoms with Crippen molar-refractivity contribution >= 4 is 5.70 Å². The summed E-state index contributed by atoms with van der Waals surface area (Å²) < 4.78 is 5.18. The molecule has 1 unspecified atom stereocenters. The average molecular weight is 312 g/mol. The zero-order chi connectivity index (χ0) is 16.8. The Balaban J connectivity index is 2.30. The lowest BCUT2D eigenvalue weighted by Gasteiger charge is -2.23. The maximum absolute atomic E-state index is 6.31. The lowest BCUT2D eigenvalue weighted by molar-refractivity contribution is 0.414. The van der Waals surface area contributed by atoms with Gasteiger partial charge in [0.1, 0.15) is 5.75 Å². The Morgan fingerprint density at radius 2 is 1.70 bits per heavy atom. The molecular weight excluding hydrogens is 288 g/mol. The number of hydrogen-bond acceptors (Lipinski definition) is 5. The van der Waals surface area contributed by atoms with E-state index in [1.54, 1.807) is 14.2 Å². The van der Waals surface area contributed by atoms with Crippen LogP contribution in [0.2, 0.25) is 0 Å². The first kappa shape index (κ1) is 16.9. The summed E-state index contributed by atoms with van der Waals surface area (Å²) in [6, 6.07) is 17.3. The van der Waals surface area contributed by atoms with Crippen molar-refractivity contribution < 1.29 is 4.74 Å². The van der Waals surface area contributed by atoms with Crippen LogP contribution in [0.25, 0.3) is 5.70 Å². The van der Waals surface area contributed by atoms with Gasteiger partial charge in [-0.1, -0.05) is 30.3 Å². The van der Waals surface area contributed by atoms with Crippen LogP contribution in [0.4, 0.5) is 0 Å². The fraction of sp³-hybridized carbons (Fsp3) is 0.222. The quantitative estimate of drug-likeness (QED) is 0.558. The average Bonchev–Trinajstić information content (AvgIpc) is 2.56. The van der Waals surface area contributed by atoms with Gasteiger partial charge in [0, 0.05) is 12.6 Å². The standard InChI is InChI=1S/C18H24N4O/c1-22(21)18(14-8-10-15(23-2)11-9-14)17(20)16(19)12-13-6-4-3-5-7-13/h3-11,16H,12,19-21H2,1-2H3/b18-17-. The normalized spacial score (nSPS) is 13.2. The van der Waals surface area contributed by atoms with E-state index < -0.39 is 0 Å². The topological polar surface area (TPSA) is 90.5 Å². The van der Waals surface area contributed by atoms with E-state index in [1.165, 1.54) is 5.01 Å². The summed E-state index contributed by atoms with van der Waals surface area (Å²) in [6.07, 6.45) is 0.653. The molecule has 6 N–H and O–H groups in total. The summed E-state index contributed by atoms with van der Waals surface area (Å²) in [5.74, 6) is 6.76. The molecule has 2 aromatic carbocycles. The van der Waals surface area contributed by atoms with E-state index >= 15 is 0 Å². The van der Waals surface area contributed by atoms with E-state index in [1.807, 2.05) is 54.6 Å². The highest BCUT2D eigenvalue weighted by molar-refractivity contribution is 5.67. The van der Waals surface area contributed by atoms with Crippen molar-refractivity contribution in [3.8, 4) is 5.75 Å². The summed E-state index contributed by atoms with van der Waals surface area (Å²) in [7, 11) is 3.38. The monoisotopic (exact) mass is 312 g/mol. The van der Waals surface area contributed by atoms with E-state index in [4.69, 9.17) is 22.0 Å². The number of nitrogens with zero attached hydrogens (tertiary/aromatic N) is 1. The number of rotatable bonds is 6. The molecule has 0 saturated heterocycles. The second-order valence-electron chi connectivity index (χ2n) is 5.44. The van der Waals surface area contributed by atoms with Crippen molar-refractivity contribution in [1.29, 1.82) is 0 Å². The largest absolute Gasteiger partial charge is 0.497 e. The van der Waals surface area contributed by atoms with Crippen LogP contribution in [0.1, 0.15) is 11.1 Å². The lowest BCUT2D eigenvalue weighted by Crippen LogP contribution is -2.35. The molecule has 23 heavy (non-hydrogen) atoms. The molecule has 0 bridgehead atoms. The maximum Gasteiger partial charge on any atom is 0.118 e. The van der Waals surface area contributed by atoms with Crippen LogP contribution in [-0.4, -0.2) is 25.2 Å². The van der Waals surface area contributed by atoms with Crippen molar-refractivity contribution in [2.75, 3.05) is 14.2 Å². The summed E-state index contributed by atoms with van der Waals surface area (Å²) in [5.41, 5.74) is 15.9. The van der Waals surface area contributed by atoms with E-state index in [2.05, 4.69) is 0 Å². The van der Waals surface area contributed by atoms with Gasteiger partial charge < -0.3 is 21.2 Å². The van der Waals surface area contributed by atoms with Crippen LogP contribution in [-0.2, 0) is 6.42 Å². The van der Waals surface area contributed by atoms with Crippen LogP contribution in [0.3, 0.4) is 0 Å². The minimum atomic E-state index is -0.319. The van der Waals surface area contributed by atoms with Crippen molar-refractivity contribution in [1.82, 2.24) is 5.01 Å². The molecule has 0 amide bonds. The van der Waals surface area contributed by atoms with Gasteiger partial charge in [-0.05, 0) is 36.2 Å². The molecule has 0 heterocycles. The zero-order valence-electron chi connectivity index (χ0n) is 13.6. The van der Waals surface area contributed by atoms with Crippen LogP contribution in [0, 0.1) is 0 Å². The molecule has 0 aromatic heterocycles. The van der Waals surface area contributed by atoms with Gasteiger partial charge in [-0.25, -0.2) is 5.84 Å². The molecule has 2 aromatic rings. The van der Waals surface area contributed by atoms with Gasteiger partial charge in [-0.3, -0.25) is 0 Å². The highest BCUT2D eigenvalue weighted by Gasteiger charge is 2.16. The van der Waals surface area contributed by atoms with Crippen molar-refractivity contribution in [3.05, 3.63) is 71.4 Å². The number of hydrazine groups is 1. The van der Waals surface area contributed by atoms with Gasteiger partial charge in [0.05, 0.1) is 24.5 Å². The number of benzene rings is 2. The minimum Gasteiger partial charge on any atom is -0.497 e. The van der Waals surface area contributed by atoms with Gasteiger partial charge in [0.2, 0.25) is 0 Å². The number of methoxy groups -OCH3 is 1. The van der Waals surface area contributed by atoms with E-state index in [0.717, 1.165) is 22.6 Å². The maximum atomic E-state index is 6.31. The van der Waals surface area contributed by atoms with Crippen LogP contribution >= 0.6 is 0 Å². The first-order valence-corrected chi connectivity index (χ1v) is 7.45. The minimum absolute atomic E-state index is 0.319. The molecular formula is C18H24N4O. The fourth-order valence-corrected chi connectivity index (χ4v) is 2.48. The molecule has 0 aliphatic carbocycles. The second-order valence-corrected chi connectivity index (χ2v) is 5.44. The Morgan fingerprint density at radius 3 is 2.22 bits per heavy atom. The van der Waals surface area contributed by atoms with Gasteiger partial charge in [-0.15, -0.1) is 0 Å². The van der Waals surface area contributed by atoms with Crippen LogP contribution in [0.15, 0.2) is 60.3 Å². The SMILES string of the molecule is COc1ccc(/C(=C(/N)C(N)Cc2ccccc2)N(C)N)cc1. The van der Waals surface area contributed by atoms with Crippen molar-refractivity contribution in [2.24, 2.45) is 17.3 Å². The predicted molar refractivity (Wildman–Crippen MR) is 94.2 cm³/mol.